The van der Waals surface area contributed by atoms with Crippen LogP contribution in [0.1, 0.15) is 31.7 Å². The van der Waals surface area contributed by atoms with Gasteiger partial charge in [-0.15, -0.1) is 5.10 Å². The molecule has 0 fully saturated rings. The fraction of sp³-hybridized carbons (Fsp3) is 0.261. The molecule has 0 aliphatic rings. The molecule has 0 bridgehead atoms. The van der Waals surface area contributed by atoms with E-state index in [2.05, 4.69) is 51.7 Å². The summed E-state index contributed by atoms with van der Waals surface area (Å²) in [6.07, 6.45) is 9.32. The Balaban J connectivity index is 1.42. The van der Waals surface area contributed by atoms with Crippen LogP contribution in [0.3, 0.4) is 0 Å². The van der Waals surface area contributed by atoms with Crippen molar-refractivity contribution < 1.29 is 0 Å². The standard InChI is InChI=1S/C23H23N7/c1-2-3-4-12-29-16-19(14-25-29)21-9-10-22-23(26-21)30(28-27-22)15-17-7-8-20-18(13-17)6-5-11-24-20/h5-11,13-14,16H,2-4,12,15H2,1H3. The van der Waals surface area contributed by atoms with Crippen LogP contribution >= 0.6 is 0 Å². The van der Waals surface area contributed by atoms with Gasteiger partial charge in [-0.3, -0.25) is 9.67 Å². The molecule has 0 radical (unpaired) electrons. The van der Waals surface area contributed by atoms with E-state index in [1.807, 2.05) is 46.0 Å². The number of hydrogen-bond donors (Lipinski definition) is 0. The molecular formula is C23H23N7. The second-order valence-corrected chi connectivity index (χ2v) is 7.52. The van der Waals surface area contributed by atoms with Crippen molar-refractivity contribution in [2.45, 2.75) is 39.3 Å². The lowest BCUT2D eigenvalue weighted by molar-refractivity contribution is 0.553. The van der Waals surface area contributed by atoms with Gasteiger partial charge in [-0.2, -0.15) is 5.10 Å². The molecule has 0 atom stereocenters. The largest absolute Gasteiger partial charge is 0.272 e. The minimum Gasteiger partial charge on any atom is -0.272 e. The third kappa shape index (κ3) is 3.66. The second-order valence-electron chi connectivity index (χ2n) is 7.52. The maximum absolute atomic E-state index is 4.85. The summed E-state index contributed by atoms with van der Waals surface area (Å²) in [6, 6.07) is 14.2. The minimum absolute atomic E-state index is 0.605. The van der Waals surface area contributed by atoms with Crippen LogP contribution in [0.25, 0.3) is 33.3 Å². The lowest BCUT2D eigenvalue weighted by Crippen LogP contribution is -2.03. The van der Waals surface area contributed by atoms with Crippen molar-refractivity contribution in [1.29, 1.82) is 0 Å². The Hall–Kier alpha value is -3.61. The lowest BCUT2D eigenvalue weighted by Gasteiger charge is -2.05. The summed E-state index contributed by atoms with van der Waals surface area (Å²) in [5, 5.41) is 14.2. The number of hydrogen-bond acceptors (Lipinski definition) is 5. The number of benzene rings is 1. The van der Waals surface area contributed by atoms with Crippen molar-refractivity contribution >= 4 is 22.1 Å². The highest BCUT2D eigenvalue weighted by Gasteiger charge is 2.11. The number of fused-ring (bicyclic) bond motifs is 2. The van der Waals surface area contributed by atoms with Crippen molar-refractivity contribution in [3.05, 3.63) is 66.6 Å². The fourth-order valence-corrected chi connectivity index (χ4v) is 3.66. The summed E-state index contributed by atoms with van der Waals surface area (Å²) < 4.78 is 3.84. The van der Waals surface area contributed by atoms with E-state index in [1.54, 1.807) is 0 Å². The first-order valence-corrected chi connectivity index (χ1v) is 10.4. The summed E-state index contributed by atoms with van der Waals surface area (Å²) in [5.41, 5.74) is 5.58. The first kappa shape index (κ1) is 18.4. The van der Waals surface area contributed by atoms with Crippen LogP contribution < -0.4 is 0 Å². The molecule has 7 heteroatoms. The Morgan fingerprint density at radius 2 is 1.93 bits per heavy atom. The van der Waals surface area contributed by atoms with Gasteiger partial charge in [0.25, 0.3) is 0 Å². The summed E-state index contributed by atoms with van der Waals surface area (Å²) in [5.74, 6) is 0. The summed E-state index contributed by atoms with van der Waals surface area (Å²) in [6.45, 7) is 3.75. The molecule has 0 aliphatic carbocycles. The molecule has 0 aliphatic heterocycles. The Bertz CT molecular complexity index is 1300. The van der Waals surface area contributed by atoms with Gasteiger partial charge in [0.15, 0.2) is 5.65 Å². The number of unbranched alkanes of at least 4 members (excludes halogenated alkanes) is 2. The molecule has 4 heterocycles. The summed E-state index contributed by atoms with van der Waals surface area (Å²) >= 11 is 0. The van der Waals surface area contributed by atoms with E-state index in [-0.39, 0.29) is 0 Å². The molecule has 0 saturated heterocycles. The molecular weight excluding hydrogens is 374 g/mol. The average Bonchev–Trinajstić information content (AvgIpc) is 3.41. The highest BCUT2D eigenvalue weighted by atomic mass is 15.4. The number of aryl methyl sites for hydroxylation is 1. The van der Waals surface area contributed by atoms with Gasteiger partial charge in [-0.1, -0.05) is 37.1 Å². The van der Waals surface area contributed by atoms with Crippen molar-refractivity contribution in [1.82, 2.24) is 34.7 Å². The monoisotopic (exact) mass is 397 g/mol. The van der Waals surface area contributed by atoms with Crippen molar-refractivity contribution in [2.75, 3.05) is 0 Å². The molecule has 1 aromatic carbocycles. The molecule has 150 valence electrons. The summed E-state index contributed by atoms with van der Waals surface area (Å²) in [4.78, 5) is 9.23. The smallest absolute Gasteiger partial charge is 0.179 e. The third-order valence-electron chi connectivity index (χ3n) is 5.28. The van der Waals surface area contributed by atoms with Crippen LogP contribution in [-0.4, -0.2) is 34.7 Å². The zero-order valence-electron chi connectivity index (χ0n) is 16.9. The second kappa shape index (κ2) is 8.02. The zero-order valence-corrected chi connectivity index (χ0v) is 16.9. The fourth-order valence-electron chi connectivity index (χ4n) is 3.66. The molecule has 5 rings (SSSR count). The normalized spacial score (nSPS) is 11.5. The van der Waals surface area contributed by atoms with E-state index in [1.165, 1.54) is 12.8 Å². The van der Waals surface area contributed by atoms with Gasteiger partial charge in [-0.05, 0) is 42.3 Å². The predicted octanol–water partition coefficient (Wildman–Crippen LogP) is 4.48. The highest BCUT2D eigenvalue weighted by Crippen LogP contribution is 2.21. The van der Waals surface area contributed by atoms with E-state index in [0.717, 1.165) is 51.9 Å². The van der Waals surface area contributed by atoms with Crippen LogP contribution in [0.5, 0.6) is 0 Å². The van der Waals surface area contributed by atoms with Crippen molar-refractivity contribution in [3.8, 4) is 11.3 Å². The molecule has 4 aromatic heterocycles. The molecule has 0 unspecified atom stereocenters. The van der Waals surface area contributed by atoms with Gasteiger partial charge in [0, 0.05) is 29.9 Å². The summed E-state index contributed by atoms with van der Waals surface area (Å²) in [7, 11) is 0. The average molecular weight is 397 g/mol. The maximum Gasteiger partial charge on any atom is 0.179 e. The van der Waals surface area contributed by atoms with Gasteiger partial charge in [0.2, 0.25) is 0 Å². The topological polar surface area (TPSA) is 74.3 Å². The van der Waals surface area contributed by atoms with E-state index < -0.39 is 0 Å². The van der Waals surface area contributed by atoms with E-state index >= 15 is 0 Å². The Morgan fingerprint density at radius 3 is 2.87 bits per heavy atom. The number of nitrogens with zero attached hydrogens (tertiary/aromatic N) is 7. The number of pyridine rings is 2. The Kier molecular flexibility index (Phi) is 4.93. The van der Waals surface area contributed by atoms with Crippen molar-refractivity contribution in [3.63, 3.8) is 0 Å². The van der Waals surface area contributed by atoms with E-state index in [9.17, 15) is 0 Å². The minimum atomic E-state index is 0.605. The quantitative estimate of drug-likeness (QED) is 0.379. The van der Waals surface area contributed by atoms with Gasteiger partial charge >= 0.3 is 0 Å². The molecule has 0 spiro atoms. The zero-order chi connectivity index (χ0) is 20.3. The SMILES string of the molecule is CCCCCn1cc(-c2ccc3nnn(Cc4ccc5ncccc5c4)c3n2)cn1. The number of aromatic nitrogens is 7. The molecule has 0 saturated carbocycles. The first-order chi connectivity index (χ1) is 14.8. The molecule has 0 N–H and O–H groups in total. The molecule has 5 aromatic rings. The van der Waals surface area contributed by atoms with Gasteiger partial charge in [-0.25, -0.2) is 9.67 Å². The maximum atomic E-state index is 4.85. The van der Waals surface area contributed by atoms with Crippen LogP contribution in [0.2, 0.25) is 0 Å². The van der Waals surface area contributed by atoms with Gasteiger partial charge in [0.05, 0.1) is 24.0 Å². The van der Waals surface area contributed by atoms with E-state index in [0.29, 0.717) is 6.54 Å². The predicted molar refractivity (Wildman–Crippen MR) is 117 cm³/mol. The molecule has 30 heavy (non-hydrogen) atoms. The lowest BCUT2D eigenvalue weighted by atomic mass is 10.1. The highest BCUT2D eigenvalue weighted by molar-refractivity contribution is 5.79. The number of rotatable bonds is 7. The van der Waals surface area contributed by atoms with Crippen LogP contribution in [0.15, 0.2) is 61.1 Å². The van der Waals surface area contributed by atoms with Crippen LogP contribution in [0, 0.1) is 0 Å². The molecule has 0 amide bonds. The third-order valence-corrected chi connectivity index (χ3v) is 5.28. The van der Waals surface area contributed by atoms with E-state index in [4.69, 9.17) is 4.98 Å². The van der Waals surface area contributed by atoms with Gasteiger partial charge < -0.3 is 0 Å². The molecule has 7 nitrogen and oxygen atoms in total. The van der Waals surface area contributed by atoms with Crippen LogP contribution in [-0.2, 0) is 13.1 Å². The Labute approximate surface area is 174 Å². The van der Waals surface area contributed by atoms with Gasteiger partial charge in [0.1, 0.15) is 5.52 Å². The first-order valence-electron chi connectivity index (χ1n) is 10.4. The van der Waals surface area contributed by atoms with Crippen LogP contribution in [0.4, 0.5) is 0 Å². The van der Waals surface area contributed by atoms with Crippen molar-refractivity contribution in [2.24, 2.45) is 0 Å². The Morgan fingerprint density at radius 1 is 1.00 bits per heavy atom.